The molecule has 0 N–H and O–H groups in total. The van der Waals surface area contributed by atoms with Crippen molar-refractivity contribution < 1.29 is 28.7 Å². The van der Waals surface area contributed by atoms with Crippen molar-refractivity contribution in [2.75, 3.05) is 0 Å². The van der Waals surface area contributed by atoms with Gasteiger partial charge in [0.2, 0.25) is 0 Å². The fraction of sp³-hybridized carbons (Fsp3) is 0.600. The molecule has 0 heterocycles. The van der Waals surface area contributed by atoms with Gasteiger partial charge in [-0.15, -0.1) is 0 Å². The minimum absolute atomic E-state index is 0.0946. The van der Waals surface area contributed by atoms with Crippen molar-refractivity contribution >= 4 is 35.1 Å². The average Bonchev–Trinajstić information content (AvgIpc) is 4.32. The van der Waals surface area contributed by atoms with Gasteiger partial charge < -0.3 is 0 Å². The second-order valence-electron chi connectivity index (χ2n) is 30.4. The van der Waals surface area contributed by atoms with E-state index in [9.17, 15) is 30.2 Å². The Labute approximate surface area is 467 Å². The standard InChI is InChI=1S/2C33H37.C4H8F3Si.2ClH.Zr/c2*1-2-28-15-26(18-32-10-8-22(17-32)9-11-32)16-31(28)30(3-1)27-4-6-29(7-5-27)33-19-23-12-24(20-33)14-25(13-23)21-33;1-8-3-2-4(5,6)7;;;/h2*1-7,15-16,22-25H,8-14,17-21H2;8H,2-3H2,1H3;2*1H;/q;;;;;+2/p-2. The van der Waals surface area contributed by atoms with Gasteiger partial charge >= 0.3 is 471 Å². The molecule has 18 rings (SSSR count). The van der Waals surface area contributed by atoms with Crippen LogP contribution < -0.4 is 0 Å². The van der Waals surface area contributed by atoms with E-state index in [1.165, 1.54) is 197 Å². The molecule has 0 radical (unpaired) electrons. The van der Waals surface area contributed by atoms with Crippen molar-refractivity contribution in [2.24, 2.45) is 58.2 Å². The summed E-state index contributed by atoms with van der Waals surface area (Å²) < 4.78 is 44.4. The maximum atomic E-state index is 14.9. The van der Waals surface area contributed by atoms with E-state index in [1.54, 1.807) is 11.1 Å². The summed E-state index contributed by atoms with van der Waals surface area (Å²) in [4.78, 5) is 0. The van der Waals surface area contributed by atoms with Crippen LogP contribution in [-0.2, 0) is 26.4 Å². The molecule has 12 bridgehead atoms. The van der Waals surface area contributed by atoms with Gasteiger partial charge in [-0.25, -0.2) is 0 Å². The van der Waals surface area contributed by atoms with Crippen LogP contribution in [0, 0.1) is 58.2 Å². The predicted molar refractivity (Wildman–Crippen MR) is 312 cm³/mol. The molecule has 12 saturated carbocycles. The monoisotopic (exact) mass is 1170 g/mol. The number of alkyl halides is 3. The van der Waals surface area contributed by atoms with Crippen LogP contribution in [0.25, 0.3) is 34.4 Å². The molecule has 0 amide bonds. The van der Waals surface area contributed by atoms with Crippen molar-refractivity contribution in [2.45, 2.75) is 197 Å². The van der Waals surface area contributed by atoms with Crippen molar-refractivity contribution in [3.05, 3.63) is 129 Å². The third-order valence-electron chi connectivity index (χ3n) is 25.8. The summed E-state index contributed by atoms with van der Waals surface area (Å²) in [6.45, 7) is 2.24. The van der Waals surface area contributed by atoms with Crippen molar-refractivity contribution in [3.8, 4) is 22.3 Å². The minimum atomic E-state index is -5.82. The molecule has 14 aliphatic carbocycles. The van der Waals surface area contributed by atoms with Crippen LogP contribution in [0.3, 0.4) is 0 Å². The van der Waals surface area contributed by atoms with Crippen molar-refractivity contribution in [3.63, 3.8) is 0 Å². The number of hydrogen-bond donors (Lipinski definition) is 0. The van der Waals surface area contributed by atoms with Gasteiger partial charge in [0.05, 0.1) is 0 Å². The Morgan fingerprint density at radius 1 is 0.494 bits per heavy atom. The van der Waals surface area contributed by atoms with Gasteiger partial charge in [0, 0.05) is 0 Å². The first-order valence-electron chi connectivity index (χ1n) is 31.5. The molecule has 0 nitrogen and oxygen atoms in total. The van der Waals surface area contributed by atoms with E-state index in [2.05, 4.69) is 104 Å². The summed E-state index contributed by atoms with van der Waals surface area (Å²) in [5.41, 5.74) is 16.9. The number of benzene rings is 4. The van der Waals surface area contributed by atoms with E-state index >= 15 is 0 Å². The van der Waals surface area contributed by atoms with Crippen LogP contribution in [0.2, 0.25) is 12.6 Å². The number of hydrogen-bond acceptors (Lipinski definition) is 0. The summed E-state index contributed by atoms with van der Waals surface area (Å²) in [7, 11) is 18.9. The van der Waals surface area contributed by atoms with E-state index < -0.39 is 34.1 Å². The van der Waals surface area contributed by atoms with Gasteiger partial charge in [-0.2, -0.15) is 0 Å². The SMILES string of the molecule is C[SiH](CCC(F)(F)F)[Zr]([Cl])([Cl])([CH]1C(CC23CCC(CC2)C3)=Cc2c(-c3ccc(C45CC6CC(CC(C6)C4)C5)cc3)cccc21)[CH]1C(CC23CCC(CC2)C3)=Cc2c(-c3ccc(C45CC6CC(CC(C6)C4)C5)cc3)cccc21. The first-order valence-corrected chi connectivity index (χ1v) is 47.5. The van der Waals surface area contributed by atoms with Crippen molar-refractivity contribution in [1.29, 1.82) is 0 Å². The van der Waals surface area contributed by atoms with Crippen LogP contribution in [0.1, 0.15) is 201 Å². The van der Waals surface area contributed by atoms with Gasteiger partial charge in [0.15, 0.2) is 0 Å². The molecule has 0 aliphatic heterocycles. The Kier molecular flexibility index (Phi) is 11.6. The molecule has 14 aliphatic rings. The van der Waals surface area contributed by atoms with Gasteiger partial charge in [-0.3, -0.25) is 0 Å². The topological polar surface area (TPSA) is 0 Å². The zero-order valence-electron chi connectivity index (χ0n) is 45.9. The van der Waals surface area contributed by atoms with Gasteiger partial charge in [0.25, 0.3) is 0 Å². The summed E-state index contributed by atoms with van der Waals surface area (Å²) in [5.74, 6) is 4.33. The molecule has 0 aromatic heterocycles. The molecule has 0 spiro atoms. The Balaban J connectivity index is 0.843. The van der Waals surface area contributed by atoms with Gasteiger partial charge in [0.1, 0.15) is 0 Å². The fourth-order valence-electron chi connectivity index (χ4n) is 23.4. The molecule has 405 valence electrons. The average molecular weight is 1170 g/mol. The van der Waals surface area contributed by atoms with Gasteiger partial charge in [-0.05, 0) is 0 Å². The van der Waals surface area contributed by atoms with Crippen LogP contribution >= 0.6 is 17.0 Å². The number of halogens is 5. The first-order chi connectivity index (χ1) is 37.0. The molecular weight excluding hydrogens is 1090 g/mol. The second kappa shape index (κ2) is 17.7. The van der Waals surface area contributed by atoms with E-state index in [-0.39, 0.29) is 24.1 Å². The molecule has 3 unspecified atom stereocenters. The summed E-state index contributed by atoms with van der Waals surface area (Å²) in [6, 6.07) is 33.7. The summed E-state index contributed by atoms with van der Waals surface area (Å²) in [6.07, 6.45) is 31.4. The van der Waals surface area contributed by atoms with Crippen LogP contribution in [-0.4, -0.2) is 12.1 Å². The van der Waals surface area contributed by atoms with Crippen LogP contribution in [0.5, 0.6) is 0 Å². The molecule has 4 aromatic rings. The fourth-order valence-corrected chi connectivity index (χ4v) is 63.3. The number of rotatable bonds is 13. The quantitative estimate of drug-likeness (QED) is 0.117. The Hall–Kier alpha value is -2.17. The zero-order valence-corrected chi connectivity index (χ0v) is 51.0. The normalized spacial score (nSPS) is 39.5. The molecule has 7 heteroatoms. The van der Waals surface area contributed by atoms with E-state index in [1.807, 2.05) is 0 Å². The van der Waals surface area contributed by atoms with Crippen LogP contribution in [0.4, 0.5) is 13.2 Å². The predicted octanol–water partition coefficient (Wildman–Crippen LogP) is 20.8. The van der Waals surface area contributed by atoms with E-state index in [4.69, 9.17) is 0 Å². The third-order valence-corrected chi connectivity index (χ3v) is 76.0. The van der Waals surface area contributed by atoms with Crippen molar-refractivity contribution in [1.82, 2.24) is 0 Å². The Morgan fingerprint density at radius 2 is 0.857 bits per heavy atom. The molecule has 3 atom stereocenters. The Bertz CT molecular complexity index is 2830. The molecular formula is C70H82Cl2F3SiZr. The first kappa shape index (κ1) is 50.5. The van der Waals surface area contributed by atoms with Gasteiger partial charge in [-0.1, -0.05) is 0 Å². The Morgan fingerprint density at radius 3 is 1.18 bits per heavy atom. The van der Waals surface area contributed by atoms with E-state index in [0.717, 1.165) is 60.2 Å². The third kappa shape index (κ3) is 8.03. The number of fused-ring (bicyclic) bond motifs is 6. The van der Waals surface area contributed by atoms with E-state index in [0.29, 0.717) is 10.8 Å². The summed E-state index contributed by atoms with van der Waals surface area (Å²) in [5, 5.41) is 0. The van der Waals surface area contributed by atoms with Crippen LogP contribution in [0.15, 0.2) is 96.1 Å². The molecule has 77 heavy (non-hydrogen) atoms. The zero-order chi connectivity index (χ0) is 51.9. The second-order valence-corrected chi connectivity index (χ2v) is 71.7. The molecule has 12 fully saturated rings. The summed E-state index contributed by atoms with van der Waals surface area (Å²) >= 11 is -5.82. The maximum absolute atomic E-state index is 14.9. The number of allylic oxidation sites excluding steroid dienone is 2. The molecule has 0 saturated heterocycles. The molecule has 4 aromatic carbocycles.